The van der Waals surface area contributed by atoms with Gasteiger partial charge in [0.15, 0.2) is 0 Å². The van der Waals surface area contributed by atoms with Gasteiger partial charge in [0.25, 0.3) is 0 Å². The summed E-state index contributed by atoms with van der Waals surface area (Å²) >= 11 is 11.7. The quantitative estimate of drug-likeness (QED) is 0.804. The van der Waals surface area contributed by atoms with Crippen molar-refractivity contribution >= 4 is 23.2 Å². The van der Waals surface area contributed by atoms with Gasteiger partial charge in [0.2, 0.25) is 0 Å². The van der Waals surface area contributed by atoms with Gasteiger partial charge < -0.3 is 5.11 Å². The van der Waals surface area contributed by atoms with Crippen LogP contribution in [0.25, 0.3) is 0 Å². The van der Waals surface area contributed by atoms with E-state index in [9.17, 15) is 0 Å². The van der Waals surface area contributed by atoms with Crippen molar-refractivity contribution in [2.45, 2.75) is 13.3 Å². The molecule has 1 aromatic rings. The van der Waals surface area contributed by atoms with Gasteiger partial charge in [0, 0.05) is 12.8 Å². The Hall–Kier alpha value is -0.310. The summed E-state index contributed by atoms with van der Waals surface area (Å²) in [7, 11) is 0. The lowest BCUT2D eigenvalue weighted by Crippen LogP contribution is -1.96. The summed E-state index contributed by atoms with van der Waals surface area (Å²) in [4.78, 5) is 3.98. The van der Waals surface area contributed by atoms with Crippen LogP contribution in [0.1, 0.15) is 11.3 Å². The minimum absolute atomic E-state index is 0.0445. The maximum Gasteiger partial charge on any atom is 0.0666 e. The predicted octanol–water partition coefficient (Wildman–Crippen LogP) is 2.23. The van der Waals surface area contributed by atoms with E-state index in [2.05, 4.69) is 4.98 Å². The first-order valence-electron chi connectivity index (χ1n) is 3.57. The molecule has 0 aliphatic heterocycles. The van der Waals surface area contributed by atoms with Crippen LogP contribution in [0.15, 0.2) is 6.20 Å². The van der Waals surface area contributed by atoms with Crippen molar-refractivity contribution in [2.24, 2.45) is 0 Å². The van der Waals surface area contributed by atoms with Crippen molar-refractivity contribution in [2.75, 3.05) is 6.61 Å². The fourth-order valence-corrected chi connectivity index (χ4v) is 1.48. The highest BCUT2D eigenvalue weighted by molar-refractivity contribution is 6.36. The van der Waals surface area contributed by atoms with Gasteiger partial charge in [-0.25, -0.2) is 0 Å². The first-order chi connectivity index (χ1) is 5.66. The number of aliphatic hydroxyl groups excluding tert-OH is 1. The maximum atomic E-state index is 8.72. The topological polar surface area (TPSA) is 33.1 Å². The van der Waals surface area contributed by atoms with Gasteiger partial charge in [-0.15, -0.1) is 0 Å². The molecule has 0 bridgehead atoms. The van der Waals surface area contributed by atoms with Gasteiger partial charge in [-0.3, -0.25) is 4.98 Å². The van der Waals surface area contributed by atoms with Crippen LogP contribution in [0.2, 0.25) is 10.0 Å². The zero-order chi connectivity index (χ0) is 9.14. The van der Waals surface area contributed by atoms with E-state index in [0.717, 1.165) is 11.3 Å². The number of aromatic nitrogens is 1. The monoisotopic (exact) mass is 205 g/mol. The Bertz CT molecular complexity index is 289. The van der Waals surface area contributed by atoms with Gasteiger partial charge in [0.1, 0.15) is 0 Å². The molecular formula is C8H9Cl2NO. The highest BCUT2D eigenvalue weighted by atomic mass is 35.5. The number of aryl methyl sites for hydroxylation is 1. The third-order valence-electron chi connectivity index (χ3n) is 1.60. The first-order valence-corrected chi connectivity index (χ1v) is 4.32. The Kier molecular flexibility index (Phi) is 3.32. The third-order valence-corrected chi connectivity index (χ3v) is 2.43. The van der Waals surface area contributed by atoms with Crippen LogP contribution in [0.5, 0.6) is 0 Å². The Labute approximate surface area is 81.1 Å². The van der Waals surface area contributed by atoms with Crippen LogP contribution in [-0.4, -0.2) is 16.7 Å². The number of aliphatic hydroxyl groups is 1. The molecule has 0 radical (unpaired) electrons. The van der Waals surface area contributed by atoms with E-state index in [4.69, 9.17) is 28.3 Å². The average Bonchev–Trinajstić information content (AvgIpc) is 2.06. The number of halogens is 2. The van der Waals surface area contributed by atoms with Gasteiger partial charge in [-0.2, -0.15) is 0 Å². The highest BCUT2D eigenvalue weighted by Crippen LogP contribution is 2.25. The molecule has 2 nitrogen and oxygen atoms in total. The largest absolute Gasteiger partial charge is 0.396 e. The molecular weight excluding hydrogens is 197 g/mol. The van der Waals surface area contributed by atoms with Gasteiger partial charge in [0.05, 0.1) is 15.7 Å². The summed E-state index contributed by atoms with van der Waals surface area (Å²) in [6, 6.07) is 0. The van der Waals surface area contributed by atoms with Crippen LogP contribution >= 0.6 is 23.2 Å². The van der Waals surface area contributed by atoms with Crippen molar-refractivity contribution in [1.29, 1.82) is 0 Å². The molecule has 0 fully saturated rings. The molecule has 12 heavy (non-hydrogen) atoms. The molecule has 0 amide bonds. The summed E-state index contributed by atoms with van der Waals surface area (Å²) < 4.78 is 0. The SMILES string of the molecule is Cc1ncc(Cl)c(CCO)c1Cl. The van der Waals surface area contributed by atoms with Crippen molar-refractivity contribution < 1.29 is 5.11 Å². The van der Waals surface area contributed by atoms with Crippen molar-refractivity contribution in [3.63, 3.8) is 0 Å². The fourth-order valence-electron chi connectivity index (χ4n) is 0.952. The molecule has 0 spiro atoms. The summed E-state index contributed by atoms with van der Waals surface area (Å²) in [5.74, 6) is 0. The van der Waals surface area contributed by atoms with Crippen LogP contribution in [0, 0.1) is 6.92 Å². The zero-order valence-corrected chi connectivity index (χ0v) is 8.15. The van der Waals surface area contributed by atoms with Crippen molar-refractivity contribution in [1.82, 2.24) is 4.98 Å². The number of rotatable bonds is 2. The van der Waals surface area contributed by atoms with Crippen molar-refractivity contribution in [3.8, 4) is 0 Å². The van der Waals surface area contributed by atoms with E-state index < -0.39 is 0 Å². The Balaban J connectivity index is 3.14. The maximum absolute atomic E-state index is 8.72. The van der Waals surface area contributed by atoms with Crippen LogP contribution < -0.4 is 0 Å². The van der Waals surface area contributed by atoms with Crippen molar-refractivity contribution in [3.05, 3.63) is 27.5 Å². The van der Waals surface area contributed by atoms with E-state index in [1.165, 1.54) is 0 Å². The summed E-state index contributed by atoms with van der Waals surface area (Å²) in [5, 5.41) is 9.79. The van der Waals surface area contributed by atoms with Crippen LogP contribution in [0.4, 0.5) is 0 Å². The lowest BCUT2D eigenvalue weighted by atomic mass is 10.2. The normalized spacial score (nSPS) is 10.3. The van der Waals surface area contributed by atoms with Gasteiger partial charge in [-0.05, 0) is 18.9 Å². The Morgan fingerprint density at radius 3 is 2.75 bits per heavy atom. The minimum Gasteiger partial charge on any atom is -0.396 e. The third kappa shape index (κ3) is 1.89. The van der Waals surface area contributed by atoms with Crippen LogP contribution in [-0.2, 0) is 6.42 Å². The lowest BCUT2D eigenvalue weighted by molar-refractivity contribution is 0.299. The second-order valence-electron chi connectivity index (χ2n) is 2.46. The van der Waals surface area contributed by atoms with E-state index in [1.807, 2.05) is 0 Å². The smallest absolute Gasteiger partial charge is 0.0666 e. The molecule has 66 valence electrons. The number of nitrogens with zero attached hydrogens (tertiary/aromatic N) is 1. The number of hydrogen-bond donors (Lipinski definition) is 1. The zero-order valence-electron chi connectivity index (χ0n) is 6.64. The standard InChI is InChI=1S/C8H9Cl2NO/c1-5-8(10)6(2-3-12)7(9)4-11-5/h4,12H,2-3H2,1H3. The molecule has 0 aliphatic carbocycles. The fraction of sp³-hybridized carbons (Fsp3) is 0.375. The number of pyridine rings is 1. The predicted molar refractivity (Wildman–Crippen MR) is 49.8 cm³/mol. The first kappa shape index (κ1) is 9.78. The Morgan fingerprint density at radius 1 is 1.50 bits per heavy atom. The minimum atomic E-state index is 0.0445. The Morgan fingerprint density at radius 2 is 2.17 bits per heavy atom. The molecule has 0 atom stereocenters. The van der Waals surface area contributed by atoms with Crippen LogP contribution in [0.3, 0.4) is 0 Å². The molecule has 0 unspecified atom stereocenters. The van der Waals surface area contributed by atoms with E-state index in [1.54, 1.807) is 13.1 Å². The molecule has 0 aromatic carbocycles. The molecule has 1 rings (SSSR count). The molecule has 0 saturated heterocycles. The number of hydrogen-bond acceptors (Lipinski definition) is 2. The average molecular weight is 206 g/mol. The lowest BCUT2D eigenvalue weighted by Gasteiger charge is -2.06. The molecule has 1 N–H and O–H groups in total. The van der Waals surface area contributed by atoms with Gasteiger partial charge in [-0.1, -0.05) is 23.2 Å². The summed E-state index contributed by atoms with van der Waals surface area (Å²) in [6.07, 6.45) is 2.02. The molecule has 1 aromatic heterocycles. The second kappa shape index (κ2) is 4.08. The van der Waals surface area contributed by atoms with Gasteiger partial charge >= 0.3 is 0 Å². The van der Waals surface area contributed by atoms with E-state index in [0.29, 0.717) is 16.5 Å². The molecule has 0 saturated carbocycles. The molecule has 4 heteroatoms. The molecule has 1 heterocycles. The summed E-state index contributed by atoms with van der Waals surface area (Å²) in [5.41, 5.74) is 1.51. The second-order valence-corrected chi connectivity index (χ2v) is 3.24. The highest BCUT2D eigenvalue weighted by Gasteiger charge is 2.08. The molecule has 0 aliphatic rings. The summed E-state index contributed by atoms with van der Waals surface area (Å²) in [6.45, 7) is 1.85. The van der Waals surface area contributed by atoms with E-state index in [-0.39, 0.29) is 6.61 Å². The van der Waals surface area contributed by atoms with E-state index >= 15 is 0 Å².